The predicted molar refractivity (Wildman–Crippen MR) is 60.4 cm³/mol. The Morgan fingerprint density at radius 2 is 1.78 bits per heavy atom. The molecule has 0 saturated carbocycles. The average Bonchev–Trinajstić information content (AvgIpc) is 2.61. The van der Waals surface area contributed by atoms with Crippen LogP contribution in [-0.2, 0) is 14.3 Å². The summed E-state index contributed by atoms with van der Waals surface area (Å²) in [6.45, 7) is 0.934. The van der Waals surface area contributed by atoms with Crippen LogP contribution < -0.4 is 0 Å². The molecule has 8 heteroatoms. The molecule has 0 amide bonds. The van der Waals surface area contributed by atoms with E-state index in [1.807, 2.05) is 7.05 Å². The van der Waals surface area contributed by atoms with Gasteiger partial charge in [0.15, 0.2) is 6.61 Å². The number of likely N-dealkylation sites (tertiary alicyclic amines) is 1. The minimum absolute atomic E-state index is 0.330. The van der Waals surface area contributed by atoms with Gasteiger partial charge in [-0.3, -0.25) is 4.18 Å². The number of hydrogen-bond donors (Lipinski definition) is 0. The zero-order valence-electron chi connectivity index (χ0n) is 10.4. The van der Waals surface area contributed by atoms with Gasteiger partial charge < -0.3 is 4.48 Å². The van der Waals surface area contributed by atoms with Crippen molar-refractivity contribution < 1.29 is 30.3 Å². The highest BCUT2D eigenvalue weighted by Gasteiger charge is 2.31. The van der Waals surface area contributed by atoms with Crippen molar-refractivity contribution in [1.82, 2.24) is 0 Å². The minimum atomic E-state index is -4.61. The zero-order valence-corrected chi connectivity index (χ0v) is 11.2. The molecule has 4 nitrogen and oxygen atoms in total. The van der Waals surface area contributed by atoms with Gasteiger partial charge in [0.1, 0.15) is 0 Å². The van der Waals surface area contributed by atoms with Crippen LogP contribution in [0.4, 0.5) is 13.2 Å². The smallest absolute Gasteiger partial charge is 0.326 e. The molecule has 0 aromatic rings. The number of hydrogen-bond acceptors (Lipinski definition) is 3. The summed E-state index contributed by atoms with van der Waals surface area (Å²) >= 11 is 0. The Hall–Kier alpha value is -0.340. The fraction of sp³-hybridized carbons (Fsp3) is 1.00. The number of rotatable bonds is 6. The molecule has 1 saturated heterocycles. The monoisotopic (exact) mass is 290 g/mol. The first-order valence-electron chi connectivity index (χ1n) is 5.89. The van der Waals surface area contributed by atoms with E-state index in [1.165, 1.54) is 0 Å². The fourth-order valence-electron chi connectivity index (χ4n) is 2.16. The third kappa shape index (κ3) is 6.01. The summed E-state index contributed by atoms with van der Waals surface area (Å²) in [5, 5.41) is 0. The minimum Gasteiger partial charge on any atom is -0.326 e. The molecule has 0 aromatic carbocycles. The van der Waals surface area contributed by atoms with Crippen molar-refractivity contribution in [3.8, 4) is 0 Å². The van der Waals surface area contributed by atoms with E-state index in [1.54, 1.807) is 0 Å². The third-order valence-electron chi connectivity index (χ3n) is 3.14. The summed E-state index contributed by atoms with van der Waals surface area (Å²) in [6.07, 6.45) is -2.04. The second kappa shape index (κ2) is 5.75. The second-order valence-corrected chi connectivity index (χ2v) is 6.75. The van der Waals surface area contributed by atoms with E-state index in [0.29, 0.717) is 13.0 Å². The van der Waals surface area contributed by atoms with Gasteiger partial charge in [0, 0.05) is 19.3 Å². The standard InChI is InChI=1S/C10H19F3NO3S/c1-14(5-2-3-6-14)7-4-8-18(15,16)17-9-10(11,12)13/h2-9H2,1H3/q+1. The quantitative estimate of drug-likeness (QED) is 0.550. The molecule has 1 aliphatic heterocycles. The van der Waals surface area contributed by atoms with Crippen LogP contribution in [0.1, 0.15) is 19.3 Å². The van der Waals surface area contributed by atoms with Gasteiger partial charge in [-0.1, -0.05) is 0 Å². The van der Waals surface area contributed by atoms with Crippen LogP contribution in [0.5, 0.6) is 0 Å². The van der Waals surface area contributed by atoms with E-state index in [-0.39, 0.29) is 5.75 Å². The average molecular weight is 290 g/mol. The number of quaternary nitrogens is 1. The summed E-state index contributed by atoms with van der Waals surface area (Å²) in [6, 6.07) is 0. The molecule has 0 aromatic heterocycles. The van der Waals surface area contributed by atoms with Crippen molar-refractivity contribution in [2.75, 3.05) is 39.0 Å². The SMILES string of the molecule is C[N+]1(CCCS(=O)(=O)OCC(F)(F)F)CCCC1. The van der Waals surface area contributed by atoms with Gasteiger partial charge in [0.2, 0.25) is 0 Å². The number of alkyl halides is 3. The molecule has 0 N–H and O–H groups in total. The van der Waals surface area contributed by atoms with E-state index in [4.69, 9.17) is 0 Å². The Morgan fingerprint density at radius 1 is 1.22 bits per heavy atom. The lowest BCUT2D eigenvalue weighted by molar-refractivity contribution is -0.897. The Labute approximate surface area is 105 Å². The molecule has 1 aliphatic rings. The summed E-state index contributed by atoms with van der Waals surface area (Å²) in [5.41, 5.74) is 0. The van der Waals surface area contributed by atoms with Crippen molar-refractivity contribution in [3.05, 3.63) is 0 Å². The lowest BCUT2D eigenvalue weighted by Crippen LogP contribution is -2.42. The molecule has 1 rings (SSSR count). The van der Waals surface area contributed by atoms with Crippen LogP contribution in [0, 0.1) is 0 Å². The predicted octanol–water partition coefficient (Wildman–Crippen LogP) is 1.53. The molecule has 1 fully saturated rings. The molecule has 0 unspecified atom stereocenters. The lowest BCUT2D eigenvalue weighted by Gasteiger charge is -2.28. The van der Waals surface area contributed by atoms with Crippen molar-refractivity contribution in [1.29, 1.82) is 0 Å². The highest BCUT2D eigenvalue weighted by atomic mass is 32.2. The van der Waals surface area contributed by atoms with Crippen molar-refractivity contribution >= 4 is 10.1 Å². The topological polar surface area (TPSA) is 43.4 Å². The zero-order chi connectivity index (χ0) is 13.9. The van der Waals surface area contributed by atoms with E-state index in [2.05, 4.69) is 4.18 Å². The summed E-state index contributed by atoms with van der Waals surface area (Å²) in [5.74, 6) is -0.350. The Bertz CT molecular complexity index is 361. The van der Waals surface area contributed by atoms with Gasteiger partial charge >= 0.3 is 6.18 Å². The van der Waals surface area contributed by atoms with Crippen molar-refractivity contribution in [2.45, 2.75) is 25.4 Å². The molecule has 1 heterocycles. The normalized spacial score (nSPS) is 20.2. The fourth-order valence-corrected chi connectivity index (χ4v) is 3.07. The van der Waals surface area contributed by atoms with Crippen molar-refractivity contribution in [2.24, 2.45) is 0 Å². The highest BCUT2D eigenvalue weighted by Crippen LogP contribution is 2.18. The number of halogens is 3. The molecule has 108 valence electrons. The Balaban J connectivity index is 2.29. The van der Waals surface area contributed by atoms with Crippen LogP contribution >= 0.6 is 0 Å². The first-order chi connectivity index (χ1) is 8.12. The maximum atomic E-state index is 11.8. The lowest BCUT2D eigenvalue weighted by atomic mass is 10.4. The summed E-state index contributed by atoms with van der Waals surface area (Å²) in [4.78, 5) is 0. The van der Waals surface area contributed by atoms with Crippen LogP contribution in [0.15, 0.2) is 0 Å². The van der Waals surface area contributed by atoms with Crippen LogP contribution in [0.2, 0.25) is 0 Å². The van der Waals surface area contributed by atoms with Gasteiger partial charge in [0.05, 0.1) is 32.4 Å². The second-order valence-electron chi connectivity index (χ2n) is 4.99. The molecule has 0 aliphatic carbocycles. The van der Waals surface area contributed by atoms with Gasteiger partial charge in [-0.15, -0.1) is 0 Å². The maximum absolute atomic E-state index is 11.8. The first-order valence-corrected chi connectivity index (χ1v) is 7.47. The summed E-state index contributed by atoms with van der Waals surface area (Å²) < 4.78 is 62.7. The van der Waals surface area contributed by atoms with E-state index < -0.39 is 22.9 Å². The first kappa shape index (κ1) is 15.7. The molecule has 0 bridgehead atoms. The van der Waals surface area contributed by atoms with E-state index >= 15 is 0 Å². The van der Waals surface area contributed by atoms with Crippen LogP contribution in [0.3, 0.4) is 0 Å². The third-order valence-corrected chi connectivity index (χ3v) is 4.41. The van der Waals surface area contributed by atoms with Gasteiger partial charge in [-0.25, -0.2) is 0 Å². The highest BCUT2D eigenvalue weighted by molar-refractivity contribution is 7.86. The van der Waals surface area contributed by atoms with Crippen LogP contribution in [0.25, 0.3) is 0 Å². The van der Waals surface area contributed by atoms with Gasteiger partial charge in [-0.05, 0) is 0 Å². The molecular weight excluding hydrogens is 271 g/mol. The summed E-state index contributed by atoms with van der Waals surface area (Å²) in [7, 11) is -2.03. The van der Waals surface area contributed by atoms with E-state index in [0.717, 1.165) is 30.4 Å². The van der Waals surface area contributed by atoms with Crippen LogP contribution in [-0.4, -0.2) is 58.1 Å². The Morgan fingerprint density at radius 3 is 2.28 bits per heavy atom. The molecule has 0 spiro atoms. The van der Waals surface area contributed by atoms with Gasteiger partial charge in [0.25, 0.3) is 10.1 Å². The molecule has 0 atom stereocenters. The molecule has 0 radical (unpaired) electrons. The van der Waals surface area contributed by atoms with Crippen molar-refractivity contribution in [3.63, 3.8) is 0 Å². The molecular formula is C10H19F3NO3S+. The van der Waals surface area contributed by atoms with E-state index in [9.17, 15) is 21.6 Å². The maximum Gasteiger partial charge on any atom is 0.413 e. The number of nitrogens with zero attached hydrogens (tertiary/aromatic N) is 1. The van der Waals surface area contributed by atoms with Gasteiger partial charge in [-0.2, -0.15) is 21.6 Å². The molecule has 18 heavy (non-hydrogen) atoms. The largest absolute Gasteiger partial charge is 0.413 e. The Kier molecular flexibility index (Phi) is 5.02.